The van der Waals surface area contributed by atoms with Gasteiger partial charge in [-0.2, -0.15) is 0 Å². The van der Waals surface area contributed by atoms with Gasteiger partial charge in [0.05, 0.1) is 10.7 Å². The lowest BCUT2D eigenvalue weighted by Gasteiger charge is -2.22. The third-order valence-electron chi connectivity index (χ3n) is 3.88. The number of thiazole rings is 1. The smallest absolute Gasteiger partial charge is 0.330 e. The van der Waals surface area contributed by atoms with Crippen molar-refractivity contribution in [2.75, 3.05) is 17.2 Å². The summed E-state index contributed by atoms with van der Waals surface area (Å²) in [7, 11) is 0. The van der Waals surface area contributed by atoms with Crippen LogP contribution < -0.4 is 21.9 Å². The zero-order valence-electron chi connectivity index (χ0n) is 14.9. The molecule has 8 nitrogen and oxygen atoms in total. The molecule has 2 rings (SSSR count). The Balaban J connectivity index is 2.57. The number of aromatic amines is 1. The summed E-state index contributed by atoms with van der Waals surface area (Å²) in [4.78, 5) is 45.6. The lowest BCUT2D eigenvalue weighted by molar-refractivity contribution is 0.0991. The molecule has 25 heavy (non-hydrogen) atoms. The Morgan fingerprint density at radius 2 is 2.00 bits per heavy atom. The monoisotopic (exact) mass is 365 g/mol. The molecule has 0 aliphatic rings. The van der Waals surface area contributed by atoms with Crippen LogP contribution in [0.2, 0.25) is 0 Å². The summed E-state index contributed by atoms with van der Waals surface area (Å²) >= 11 is 1.27. The third kappa shape index (κ3) is 3.65. The van der Waals surface area contributed by atoms with Gasteiger partial charge in [-0.25, -0.2) is 9.78 Å². The molecule has 1 amide bonds. The number of carbonyl (C=O) groups is 1. The molecular weight excluding hydrogens is 342 g/mol. The van der Waals surface area contributed by atoms with Gasteiger partial charge < -0.3 is 5.73 Å². The summed E-state index contributed by atoms with van der Waals surface area (Å²) in [5, 5.41) is 0.770. The van der Waals surface area contributed by atoms with Gasteiger partial charge in [-0.1, -0.05) is 13.3 Å². The van der Waals surface area contributed by atoms with Gasteiger partial charge >= 0.3 is 5.69 Å². The van der Waals surface area contributed by atoms with Crippen molar-refractivity contribution in [2.45, 2.75) is 47.1 Å². The number of hydrogen-bond acceptors (Lipinski definition) is 6. The number of nitrogen functional groups attached to an aromatic ring is 1. The standard InChI is InChI=1S/C16H23N5O3S/c1-5-7-8-21-13(17)11(14(22)19-16(21)24)20(6-2)15(23)12-9(3)18-10(4)25-12/h5-8,17H2,1-4H3,(H,19,22,24). The topological polar surface area (TPSA) is 114 Å². The minimum absolute atomic E-state index is 0.00801. The first-order valence-electron chi connectivity index (χ1n) is 8.20. The first-order chi connectivity index (χ1) is 11.8. The van der Waals surface area contributed by atoms with Crippen molar-refractivity contribution in [3.8, 4) is 0 Å². The molecule has 0 bridgehead atoms. The number of amides is 1. The molecule has 3 N–H and O–H groups in total. The fourth-order valence-electron chi connectivity index (χ4n) is 2.63. The van der Waals surface area contributed by atoms with E-state index in [4.69, 9.17) is 5.73 Å². The Labute approximate surface area is 149 Å². The van der Waals surface area contributed by atoms with E-state index in [1.165, 1.54) is 20.8 Å². The Kier molecular flexibility index (Phi) is 5.78. The molecule has 2 aromatic heterocycles. The van der Waals surface area contributed by atoms with E-state index in [1.54, 1.807) is 13.8 Å². The molecule has 0 aliphatic heterocycles. The van der Waals surface area contributed by atoms with Gasteiger partial charge in [-0.3, -0.25) is 24.0 Å². The molecule has 0 unspecified atom stereocenters. The molecule has 0 aliphatic carbocycles. The molecule has 2 heterocycles. The Hall–Kier alpha value is -2.42. The number of H-pyrrole nitrogens is 1. The van der Waals surface area contributed by atoms with Crippen LogP contribution in [-0.4, -0.2) is 27.0 Å². The molecule has 0 saturated heterocycles. The van der Waals surface area contributed by atoms with E-state index in [0.717, 1.165) is 17.8 Å². The van der Waals surface area contributed by atoms with Crippen molar-refractivity contribution in [3.63, 3.8) is 0 Å². The van der Waals surface area contributed by atoms with Gasteiger partial charge in [-0.05, 0) is 27.2 Å². The van der Waals surface area contributed by atoms with E-state index in [9.17, 15) is 14.4 Å². The van der Waals surface area contributed by atoms with Crippen molar-refractivity contribution in [1.82, 2.24) is 14.5 Å². The first-order valence-corrected chi connectivity index (χ1v) is 9.01. The number of rotatable bonds is 6. The highest BCUT2D eigenvalue weighted by Crippen LogP contribution is 2.24. The van der Waals surface area contributed by atoms with E-state index in [2.05, 4.69) is 9.97 Å². The maximum atomic E-state index is 12.9. The minimum atomic E-state index is -0.663. The first kappa shape index (κ1) is 18.9. The van der Waals surface area contributed by atoms with Gasteiger partial charge in [0.25, 0.3) is 11.5 Å². The molecule has 2 aromatic rings. The highest BCUT2D eigenvalue weighted by molar-refractivity contribution is 7.13. The van der Waals surface area contributed by atoms with E-state index in [1.807, 2.05) is 13.8 Å². The zero-order valence-corrected chi connectivity index (χ0v) is 15.7. The Bertz CT molecular complexity index is 896. The molecule has 0 saturated carbocycles. The maximum absolute atomic E-state index is 12.9. The summed E-state index contributed by atoms with van der Waals surface area (Å²) in [6.07, 6.45) is 1.61. The number of hydrogen-bond donors (Lipinski definition) is 2. The number of anilines is 2. The third-order valence-corrected chi connectivity index (χ3v) is 4.94. The van der Waals surface area contributed by atoms with Crippen molar-refractivity contribution >= 4 is 28.7 Å². The van der Waals surface area contributed by atoms with E-state index in [0.29, 0.717) is 17.1 Å². The van der Waals surface area contributed by atoms with Crippen LogP contribution in [-0.2, 0) is 6.54 Å². The summed E-state index contributed by atoms with van der Waals surface area (Å²) in [5.41, 5.74) is 5.49. The van der Waals surface area contributed by atoms with Crippen molar-refractivity contribution in [1.29, 1.82) is 0 Å². The van der Waals surface area contributed by atoms with Crippen LogP contribution in [0.25, 0.3) is 0 Å². The summed E-state index contributed by atoms with van der Waals surface area (Å²) in [6, 6.07) is 0. The van der Waals surface area contributed by atoms with Crippen molar-refractivity contribution in [3.05, 3.63) is 36.4 Å². The number of aromatic nitrogens is 3. The summed E-state index contributed by atoms with van der Waals surface area (Å²) in [5.74, 6) is -0.334. The van der Waals surface area contributed by atoms with Gasteiger partial charge in [0, 0.05) is 13.1 Å². The number of nitrogens with two attached hydrogens (primary N) is 1. The predicted molar refractivity (Wildman–Crippen MR) is 99.6 cm³/mol. The van der Waals surface area contributed by atoms with Gasteiger partial charge in [0.2, 0.25) is 0 Å². The number of nitrogens with zero attached hydrogens (tertiary/aromatic N) is 3. The molecule has 0 fully saturated rings. The SMILES string of the molecule is CCCCn1c(N)c(N(CC)C(=O)c2sc(C)nc2C)c(=O)[nH]c1=O. The number of carbonyl (C=O) groups excluding carboxylic acids is 1. The highest BCUT2D eigenvalue weighted by Gasteiger charge is 2.26. The second-order valence-corrected chi connectivity index (χ2v) is 6.90. The molecule has 0 aromatic carbocycles. The molecule has 0 atom stereocenters. The van der Waals surface area contributed by atoms with E-state index < -0.39 is 11.2 Å². The van der Waals surface area contributed by atoms with Crippen LogP contribution >= 0.6 is 11.3 Å². The fraction of sp³-hybridized carbons (Fsp3) is 0.500. The molecule has 136 valence electrons. The van der Waals surface area contributed by atoms with Gasteiger partial charge in [0.1, 0.15) is 10.7 Å². The second kappa shape index (κ2) is 7.64. The highest BCUT2D eigenvalue weighted by atomic mass is 32.1. The quantitative estimate of drug-likeness (QED) is 0.808. The van der Waals surface area contributed by atoms with Crippen LogP contribution in [0, 0.1) is 13.8 Å². The van der Waals surface area contributed by atoms with Crippen LogP contribution in [0.5, 0.6) is 0 Å². The lowest BCUT2D eigenvalue weighted by Crippen LogP contribution is -2.41. The van der Waals surface area contributed by atoms with Gasteiger partial charge in [-0.15, -0.1) is 11.3 Å². The summed E-state index contributed by atoms with van der Waals surface area (Å²) < 4.78 is 1.31. The van der Waals surface area contributed by atoms with Crippen LogP contribution in [0.15, 0.2) is 9.59 Å². The van der Waals surface area contributed by atoms with Crippen molar-refractivity contribution in [2.24, 2.45) is 0 Å². The van der Waals surface area contributed by atoms with Crippen LogP contribution in [0.1, 0.15) is 47.1 Å². The minimum Gasteiger partial charge on any atom is -0.383 e. The Morgan fingerprint density at radius 1 is 1.32 bits per heavy atom. The Morgan fingerprint density at radius 3 is 2.52 bits per heavy atom. The number of aryl methyl sites for hydroxylation is 2. The predicted octanol–water partition coefficient (Wildman–Crippen LogP) is 1.66. The molecule has 0 radical (unpaired) electrons. The normalized spacial score (nSPS) is 10.9. The van der Waals surface area contributed by atoms with Gasteiger partial charge in [0.15, 0.2) is 5.69 Å². The average molecular weight is 365 g/mol. The largest absolute Gasteiger partial charge is 0.383 e. The maximum Gasteiger partial charge on any atom is 0.330 e. The van der Waals surface area contributed by atoms with Crippen molar-refractivity contribution < 1.29 is 4.79 Å². The van der Waals surface area contributed by atoms with E-state index in [-0.39, 0.29) is 24.0 Å². The number of unbranched alkanes of at least 4 members (excludes halogenated alkanes) is 1. The van der Waals surface area contributed by atoms with E-state index >= 15 is 0 Å². The fourth-order valence-corrected chi connectivity index (χ4v) is 3.50. The average Bonchev–Trinajstić information content (AvgIpc) is 2.89. The second-order valence-electron chi connectivity index (χ2n) is 5.70. The lowest BCUT2D eigenvalue weighted by atomic mass is 10.3. The molecule has 0 spiro atoms. The molecule has 9 heteroatoms. The summed E-state index contributed by atoms with van der Waals surface area (Å²) in [6.45, 7) is 7.94. The number of nitrogens with one attached hydrogen (secondary N) is 1. The van der Waals surface area contributed by atoms with Crippen LogP contribution in [0.4, 0.5) is 11.5 Å². The van der Waals surface area contributed by atoms with Crippen LogP contribution in [0.3, 0.4) is 0 Å². The molecular formula is C16H23N5O3S. The zero-order chi connectivity index (χ0) is 18.7.